The van der Waals surface area contributed by atoms with E-state index in [1.54, 1.807) is 0 Å². The SMILES string of the molecule is CC(NC1Cc2ccccc2C1)C1CCOCC1. The van der Waals surface area contributed by atoms with Crippen molar-refractivity contribution >= 4 is 0 Å². The highest BCUT2D eigenvalue weighted by atomic mass is 16.5. The summed E-state index contributed by atoms with van der Waals surface area (Å²) < 4.78 is 5.44. The Labute approximate surface area is 110 Å². The van der Waals surface area contributed by atoms with Crippen LogP contribution in [0, 0.1) is 5.92 Å². The zero-order valence-electron chi connectivity index (χ0n) is 11.2. The van der Waals surface area contributed by atoms with Crippen molar-refractivity contribution < 1.29 is 4.74 Å². The summed E-state index contributed by atoms with van der Waals surface area (Å²) in [6.45, 7) is 4.24. The molecule has 2 nitrogen and oxygen atoms in total. The molecule has 0 saturated carbocycles. The molecule has 0 radical (unpaired) electrons. The molecule has 18 heavy (non-hydrogen) atoms. The van der Waals surface area contributed by atoms with Gasteiger partial charge in [-0.3, -0.25) is 0 Å². The topological polar surface area (TPSA) is 21.3 Å². The summed E-state index contributed by atoms with van der Waals surface area (Å²) in [4.78, 5) is 0. The Morgan fingerprint density at radius 2 is 1.72 bits per heavy atom. The molecule has 1 heterocycles. The second kappa shape index (κ2) is 5.41. The summed E-state index contributed by atoms with van der Waals surface area (Å²) in [7, 11) is 0. The van der Waals surface area contributed by atoms with Gasteiger partial charge in [-0.05, 0) is 49.7 Å². The van der Waals surface area contributed by atoms with Crippen molar-refractivity contribution in [3.63, 3.8) is 0 Å². The van der Waals surface area contributed by atoms with Crippen molar-refractivity contribution in [3.05, 3.63) is 35.4 Å². The average Bonchev–Trinajstić information content (AvgIpc) is 2.82. The van der Waals surface area contributed by atoms with E-state index in [9.17, 15) is 0 Å². The van der Waals surface area contributed by atoms with Gasteiger partial charge in [0, 0.05) is 25.3 Å². The quantitative estimate of drug-likeness (QED) is 0.883. The van der Waals surface area contributed by atoms with Crippen LogP contribution >= 0.6 is 0 Å². The minimum atomic E-state index is 0.619. The third-order valence-electron chi connectivity index (χ3n) is 4.52. The van der Waals surface area contributed by atoms with Crippen LogP contribution in [0.2, 0.25) is 0 Å². The summed E-state index contributed by atoms with van der Waals surface area (Å²) in [5.41, 5.74) is 3.07. The monoisotopic (exact) mass is 245 g/mol. The number of nitrogens with one attached hydrogen (secondary N) is 1. The van der Waals surface area contributed by atoms with E-state index < -0.39 is 0 Å². The van der Waals surface area contributed by atoms with Crippen LogP contribution in [0.15, 0.2) is 24.3 Å². The molecule has 1 aromatic carbocycles. The van der Waals surface area contributed by atoms with Gasteiger partial charge in [0.15, 0.2) is 0 Å². The summed E-state index contributed by atoms with van der Waals surface area (Å²) in [6, 6.07) is 10.1. The maximum absolute atomic E-state index is 5.44. The molecule has 98 valence electrons. The van der Waals surface area contributed by atoms with Gasteiger partial charge in [0.25, 0.3) is 0 Å². The average molecular weight is 245 g/mol. The van der Waals surface area contributed by atoms with Crippen molar-refractivity contribution in [2.75, 3.05) is 13.2 Å². The number of benzene rings is 1. The summed E-state index contributed by atoms with van der Waals surface area (Å²) in [5.74, 6) is 0.794. The predicted octanol–water partition coefficient (Wildman–Crippen LogP) is 2.56. The Morgan fingerprint density at radius 3 is 2.33 bits per heavy atom. The molecule has 1 unspecified atom stereocenters. The van der Waals surface area contributed by atoms with Gasteiger partial charge in [0.05, 0.1) is 0 Å². The lowest BCUT2D eigenvalue weighted by atomic mass is 9.92. The van der Waals surface area contributed by atoms with Crippen LogP contribution in [0.3, 0.4) is 0 Å². The van der Waals surface area contributed by atoms with Crippen LogP contribution in [-0.2, 0) is 17.6 Å². The highest BCUT2D eigenvalue weighted by molar-refractivity contribution is 5.33. The first-order valence-electron chi connectivity index (χ1n) is 7.23. The van der Waals surface area contributed by atoms with Gasteiger partial charge >= 0.3 is 0 Å². The van der Waals surface area contributed by atoms with Gasteiger partial charge in [-0.15, -0.1) is 0 Å². The fraction of sp³-hybridized carbons (Fsp3) is 0.625. The van der Waals surface area contributed by atoms with Gasteiger partial charge in [-0.1, -0.05) is 24.3 Å². The van der Waals surface area contributed by atoms with E-state index >= 15 is 0 Å². The minimum Gasteiger partial charge on any atom is -0.381 e. The van der Waals surface area contributed by atoms with Gasteiger partial charge in [0.1, 0.15) is 0 Å². The first-order valence-corrected chi connectivity index (χ1v) is 7.23. The van der Waals surface area contributed by atoms with Gasteiger partial charge in [-0.25, -0.2) is 0 Å². The molecule has 1 N–H and O–H groups in total. The van der Waals surface area contributed by atoms with E-state index in [2.05, 4.69) is 36.5 Å². The molecule has 1 fully saturated rings. The Balaban J connectivity index is 1.55. The molecule has 1 aromatic rings. The molecule has 0 bridgehead atoms. The minimum absolute atomic E-state index is 0.619. The molecule has 1 atom stereocenters. The first kappa shape index (κ1) is 12.2. The van der Waals surface area contributed by atoms with Crippen LogP contribution in [-0.4, -0.2) is 25.3 Å². The van der Waals surface area contributed by atoms with Crippen molar-refractivity contribution in [2.45, 2.75) is 44.7 Å². The third kappa shape index (κ3) is 2.60. The number of rotatable bonds is 3. The normalized spacial score (nSPS) is 22.9. The van der Waals surface area contributed by atoms with E-state index in [0.29, 0.717) is 12.1 Å². The lowest BCUT2D eigenvalue weighted by Crippen LogP contribution is -2.43. The number of hydrogen-bond acceptors (Lipinski definition) is 2. The van der Waals surface area contributed by atoms with Crippen LogP contribution < -0.4 is 5.32 Å². The molecule has 1 aliphatic carbocycles. The summed E-state index contributed by atoms with van der Waals surface area (Å²) in [6.07, 6.45) is 4.83. The second-order valence-corrected chi connectivity index (χ2v) is 5.78. The number of hydrogen-bond donors (Lipinski definition) is 1. The van der Waals surface area contributed by atoms with Crippen molar-refractivity contribution in [3.8, 4) is 0 Å². The zero-order valence-corrected chi connectivity index (χ0v) is 11.2. The molecule has 0 amide bonds. The van der Waals surface area contributed by atoms with E-state index in [0.717, 1.165) is 19.1 Å². The molecular formula is C16H23NO. The summed E-state index contributed by atoms with van der Waals surface area (Å²) in [5, 5.41) is 3.84. The molecule has 1 saturated heterocycles. The largest absolute Gasteiger partial charge is 0.381 e. The Kier molecular flexibility index (Phi) is 3.67. The third-order valence-corrected chi connectivity index (χ3v) is 4.52. The standard InChI is InChI=1S/C16H23NO/c1-12(13-6-8-18-9-7-13)17-16-10-14-4-2-3-5-15(14)11-16/h2-5,12-13,16-17H,6-11H2,1H3. The molecule has 1 aliphatic heterocycles. The molecule has 2 aliphatic rings. The van der Waals surface area contributed by atoms with Crippen LogP contribution in [0.1, 0.15) is 30.9 Å². The van der Waals surface area contributed by atoms with Gasteiger partial charge < -0.3 is 10.1 Å². The van der Waals surface area contributed by atoms with Crippen LogP contribution in [0.4, 0.5) is 0 Å². The molecule has 0 spiro atoms. The maximum Gasteiger partial charge on any atom is 0.0469 e. The Morgan fingerprint density at radius 1 is 1.11 bits per heavy atom. The highest BCUT2D eigenvalue weighted by Gasteiger charge is 2.26. The number of ether oxygens (including phenoxy) is 1. The van der Waals surface area contributed by atoms with E-state index in [1.807, 2.05) is 0 Å². The fourth-order valence-electron chi connectivity index (χ4n) is 3.40. The molecule has 3 rings (SSSR count). The van der Waals surface area contributed by atoms with Crippen LogP contribution in [0.5, 0.6) is 0 Å². The Bertz CT molecular complexity index is 373. The summed E-state index contributed by atoms with van der Waals surface area (Å²) >= 11 is 0. The first-order chi connectivity index (χ1) is 8.83. The zero-order chi connectivity index (χ0) is 12.4. The van der Waals surface area contributed by atoms with Crippen molar-refractivity contribution in [1.82, 2.24) is 5.32 Å². The Hall–Kier alpha value is -0.860. The maximum atomic E-state index is 5.44. The predicted molar refractivity (Wildman–Crippen MR) is 73.8 cm³/mol. The van der Waals surface area contributed by atoms with E-state index in [1.165, 1.54) is 36.8 Å². The fourth-order valence-corrected chi connectivity index (χ4v) is 3.40. The van der Waals surface area contributed by atoms with Crippen molar-refractivity contribution in [2.24, 2.45) is 5.92 Å². The van der Waals surface area contributed by atoms with Gasteiger partial charge in [0.2, 0.25) is 0 Å². The van der Waals surface area contributed by atoms with E-state index in [4.69, 9.17) is 4.74 Å². The molecule has 0 aromatic heterocycles. The van der Waals surface area contributed by atoms with Crippen molar-refractivity contribution in [1.29, 1.82) is 0 Å². The lowest BCUT2D eigenvalue weighted by Gasteiger charge is -2.30. The smallest absolute Gasteiger partial charge is 0.0469 e. The van der Waals surface area contributed by atoms with Gasteiger partial charge in [-0.2, -0.15) is 0 Å². The highest BCUT2D eigenvalue weighted by Crippen LogP contribution is 2.24. The molecule has 2 heteroatoms. The lowest BCUT2D eigenvalue weighted by molar-refractivity contribution is 0.0545. The second-order valence-electron chi connectivity index (χ2n) is 5.78. The molecular weight excluding hydrogens is 222 g/mol. The van der Waals surface area contributed by atoms with Crippen LogP contribution in [0.25, 0.3) is 0 Å². The van der Waals surface area contributed by atoms with E-state index in [-0.39, 0.29) is 0 Å². The number of fused-ring (bicyclic) bond motifs is 1.